The summed E-state index contributed by atoms with van der Waals surface area (Å²) in [5.74, 6) is -0.646. The van der Waals surface area contributed by atoms with Gasteiger partial charge in [-0.3, -0.25) is 9.80 Å². The van der Waals surface area contributed by atoms with Crippen molar-refractivity contribution in [3.8, 4) is 0 Å². The number of carbonyl (C=O) groups is 1. The Labute approximate surface area is 211 Å². The summed E-state index contributed by atoms with van der Waals surface area (Å²) in [7, 11) is 0. The van der Waals surface area contributed by atoms with Gasteiger partial charge in [0, 0.05) is 35.9 Å². The number of halogens is 2. The monoisotopic (exact) mass is 489 g/mol. The minimum absolute atomic E-state index is 0.119. The van der Waals surface area contributed by atoms with Crippen LogP contribution in [-0.4, -0.2) is 30.6 Å². The van der Waals surface area contributed by atoms with Crippen LogP contribution in [0.1, 0.15) is 54.9 Å². The molecule has 2 amide bonds. The number of urea groups is 1. The zero-order chi connectivity index (χ0) is 25.4. The summed E-state index contributed by atoms with van der Waals surface area (Å²) < 4.78 is 27.3. The number of piperidine rings is 1. The van der Waals surface area contributed by atoms with Crippen molar-refractivity contribution in [3.05, 3.63) is 94.6 Å². The first-order chi connectivity index (χ1) is 17.2. The van der Waals surface area contributed by atoms with E-state index in [1.54, 1.807) is 0 Å². The largest absolute Gasteiger partial charge is 0.326 e. The number of hydrogen-bond donors (Lipinski definition) is 1. The lowest BCUT2D eigenvalue weighted by molar-refractivity contribution is 0.159. The molecule has 36 heavy (non-hydrogen) atoms. The van der Waals surface area contributed by atoms with Crippen molar-refractivity contribution in [1.29, 1.82) is 0 Å². The second-order valence-corrected chi connectivity index (χ2v) is 10.6. The number of rotatable bonds is 4. The molecule has 0 unspecified atom stereocenters. The summed E-state index contributed by atoms with van der Waals surface area (Å²) >= 11 is 0. The minimum Gasteiger partial charge on any atom is -0.308 e. The molecule has 0 saturated carbocycles. The maximum Gasteiger partial charge on any atom is 0.326 e. The summed E-state index contributed by atoms with van der Waals surface area (Å²) in [4.78, 5) is 17.5. The number of nitrogens with zero attached hydrogens (tertiary/aromatic N) is 2. The van der Waals surface area contributed by atoms with Crippen LogP contribution in [0.2, 0.25) is 0 Å². The molecule has 3 aromatic carbocycles. The number of nitrogens with one attached hydrogen (secondary N) is 1. The number of likely N-dealkylation sites (tertiary alicyclic amines) is 1. The summed E-state index contributed by atoms with van der Waals surface area (Å²) in [6.45, 7) is 9.14. The van der Waals surface area contributed by atoms with Crippen LogP contribution in [0.4, 0.5) is 25.0 Å². The maximum atomic E-state index is 13.7. The lowest BCUT2D eigenvalue weighted by Gasteiger charge is -2.40. The maximum absolute atomic E-state index is 13.7. The Balaban J connectivity index is 1.32. The predicted molar refractivity (Wildman–Crippen MR) is 141 cm³/mol. The van der Waals surface area contributed by atoms with Crippen LogP contribution in [0, 0.1) is 18.6 Å². The topological polar surface area (TPSA) is 35.6 Å². The van der Waals surface area contributed by atoms with Gasteiger partial charge in [0.15, 0.2) is 0 Å². The van der Waals surface area contributed by atoms with Crippen molar-refractivity contribution >= 4 is 17.4 Å². The number of amides is 2. The van der Waals surface area contributed by atoms with Crippen LogP contribution >= 0.6 is 0 Å². The third kappa shape index (κ3) is 4.87. The van der Waals surface area contributed by atoms with Gasteiger partial charge < -0.3 is 5.32 Å². The third-order valence-corrected chi connectivity index (χ3v) is 7.69. The highest BCUT2D eigenvalue weighted by Gasteiger charge is 2.46. The quantitative estimate of drug-likeness (QED) is 0.429. The van der Waals surface area contributed by atoms with Gasteiger partial charge in [0.2, 0.25) is 0 Å². The van der Waals surface area contributed by atoms with Gasteiger partial charge in [-0.1, -0.05) is 43.7 Å². The Kier molecular flexibility index (Phi) is 6.56. The van der Waals surface area contributed by atoms with Gasteiger partial charge in [-0.05, 0) is 85.8 Å². The predicted octanol–water partition coefficient (Wildman–Crippen LogP) is 6.98. The molecule has 4 nitrogen and oxygen atoms in total. The molecule has 1 spiro atoms. The second kappa shape index (κ2) is 9.66. The smallest absolute Gasteiger partial charge is 0.308 e. The second-order valence-electron chi connectivity index (χ2n) is 10.6. The van der Waals surface area contributed by atoms with Crippen molar-refractivity contribution in [2.75, 3.05) is 29.9 Å². The van der Waals surface area contributed by atoms with Gasteiger partial charge in [-0.2, -0.15) is 0 Å². The normalized spacial score (nSPS) is 17.0. The van der Waals surface area contributed by atoms with Gasteiger partial charge >= 0.3 is 6.03 Å². The summed E-state index contributed by atoms with van der Waals surface area (Å²) in [5, 5.41) is 3.09. The van der Waals surface area contributed by atoms with Crippen LogP contribution in [-0.2, 0) is 12.0 Å². The molecular formula is C30H33F2N3O. The van der Waals surface area contributed by atoms with E-state index in [1.807, 2.05) is 17.0 Å². The molecule has 188 valence electrons. The molecule has 0 aromatic heterocycles. The summed E-state index contributed by atoms with van der Waals surface area (Å²) in [6, 6.07) is 18.0. The molecule has 6 heteroatoms. The average Bonchev–Trinajstić information content (AvgIpc) is 3.14. The van der Waals surface area contributed by atoms with E-state index in [9.17, 15) is 13.6 Å². The molecule has 1 N–H and O–H groups in total. The van der Waals surface area contributed by atoms with E-state index in [0.717, 1.165) is 43.4 Å². The molecule has 2 aliphatic heterocycles. The third-order valence-electron chi connectivity index (χ3n) is 7.69. The van der Waals surface area contributed by atoms with Crippen molar-refractivity contribution in [3.63, 3.8) is 0 Å². The number of aryl methyl sites for hydroxylation is 1. The SMILES string of the molecule is Cc1ccc2c(c1)C1(CCN(Cc3cc(F)cc(F)c3)CC1)CN2C(=O)Nc1ccc(C(C)C)cc1. The van der Waals surface area contributed by atoms with Gasteiger partial charge in [0.05, 0.1) is 0 Å². The van der Waals surface area contributed by atoms with Crippen molar-refractivity contribution < 1.29 is 13.6 Å². The summed E-state index contributed by atoms with van der Waals surface area (Å²) in [6.07, 6.45) is 1.77. The molecule has 2 heterocycles. The van der Waals surface area contributed by atoms with Crippen LogP contribution in [0.3, 0.4) is 0 Å². The van der Waals surface area contributed by atoms with Crippen LogP contribution < -0.4 is 10.2 Å². The fourth-order valence-corrected chi connectivity index (χ4v) is 5.63. The Morgan fingerprint density at radius 1 is 0.972 bits per heavy atom. The first-order valence-electron chi connectivity index (χ1n) is 12.7. The lowest BCUT2D eigenvalue weighted by atomic mass is 9.74. The van der Waals surface area contributed by atoms with Gasteiger partial charge in [-0.25, -0.2) is 13.6 Å². The molecule has 0 radical (unpaired) electrons. The standard InChI is InChI=1S/C30H33F2N3O/c1-20(2)23-5-7-26(8-6-23)33-29(36)35-19-30(27-14-21(3)4-9-28(27)35)10-12-34(13-11-30)18-22-15-24(31)17-25(32)16-22/h4-9,14-17,20H,10-13,18-19H2,1-3H3,(H,33,36). The van der Waals surface area contributed by atoms with Gasteiger partial charge in [-0.15, -0.1) is 0 Å². The molecule has 2 aliphatic rings. The van der Waals surface area contributed by atoms with E-state index >= 15 is 0 Å². The van der Waals surface area contributed by atoms with E-state index in [2.05, 4.69) is 61.3 Å². The molecule has 5 rings (SSSR count). The van der Waals surface area contributed by atoms with E-state index in [-0.39, 0.29) is 11.4 Å². The number of benzene rings is 3. The van der Waals surface area contributed by atoms with Crippen LogP contribution in [0.5, 0.6) is 0 Å². The zero-order valence-corrected chi connectivity index (χ0v) is 21.2. The van der Waals surface area contributed by atoms with Crippen molar-refractivity contribution in [2.45, 2.75) is 51.5 Å². The molecule has 0 bridgehead atoms. The van der Waals surface area contributed by atoms with E-state index < -0.39 is 11.6 Å². The molecule has 0 atom stereocenters. The first-order valence-corrected chi connectivity index (χ1v) is 12.7. The molecular weight excluding hydrogens is 456 g/mol. The minimum atomic E-state index is -0.542. The zero-order valence-electron chi connectivity index (χ0n) is 21.2. The Morgan fingerprint density at radius 3 is 2.28 bits per heavy atom. The van der Waals surface area contributed by atoms with E-state index in [0.29, 0.717) is 24.6 Å². The van der Waals surface area contributed by atoms with Crippen molar-refractivity contribution in [2.24, 2.45) is 0 Å². The van der Waals surface area contributed by atoms with Gasteiger partial charge in [0.1, 0.15) is 11.6 Å². The Hall–Kier alpha value is -3.25. The number of hydrogen-bond acceptors (Lipinski definition) is 2. The highest BCUT2D eigenvalue weighted by Crippen LogP contribution is 2.47. The molecule has 3 aromatic rings. The number of carbonyl (C=O) groups excluding carboxylic acids is 1. The van der Waals surface area contributed by atoms with Crippen molar-refractivity contribution in [1.82, 2.24) is 4.90 Å². The highest BCUT2D eigenvalue weighted by molar-refractivity contribution is 6.03. The van der Waals surface area contributed by atoms with Crippen LogP contribution in [0.25, 0.3) is 0 Å². The highest BCUT2D eigenvalue weighted by atomic mass is 19.1. The Bertz CT molecular complexity index is 1240. The fraction of sp³-hybridized carbons (Fsp3) is 0.367. The van der Waals surface area contributed by atoms with E-state index in [4.69, 9.17) is 0 Å². The van der Waals surface area contributed by atoms with E-state index in [1.165, 1.54) is 28.8 Å². The van der Waals surface area contributed by atoms with Gasteiger partial charge in [0.25, 0.3) is 0 Å². The number of fused-ring (bicyclic) bond motifs is 2. The first kappa shape index (κ1) is 24.4. The molecule has 1 fully saturated rings. The van der Waals surface area contributed by atoms with Crippen LogP contribution in [0.15, 0.2) is 60.7 Å². The molecule has 0 aliphatic carbocycles. The fourth-order valence-electron chi connectivity index (χ4n) is 5.63. The number of anilines is 2. The Morgan fingerprint density at radius 2 is 1.64 bits per heavy atom. The average molecular weight is 490 g/mol. The lowest BCUT2D eigenvalue weighted by Crippen LogP contribution is -2.46. The molecule has 1 saturated heterocycles. The summed E-state index contributed by atoms with van der Waals surface area (Å²) in [5.41, 5.74) is 5.93.